The average Bonchev–Trinajstić information content (AvgIpc) is 3.19. The number of unbranched alkanes of at least 4 members (excludes halogenated alkanes) is 2. The van der Waals surface area contributed by atoms with Crippen LogP contribution in [0, 0.1) is 6.92 Å². The second kappa shape index (κ2) is 18.0. The number of halogens is 3. The molecule has 1 heterocycles. The molecule has 2 aromatic rings. The van der Waals surface area contributed by atoms with Gasteiger partial charge in [0.2, 0.25) is 5.91 Å². The smallest absolute Gasteiger partial charge is 0.402 e. The number of nitrogens with zero attached hydrogens (tertiary/aromatic N) is 1. The second-order valence-corrected chi connectivity index (χ2v) is 12.8. The highest BCUT2D eigenvalue weighted by Gasteiger charge is 2.31. The molecule has 0 aliphatic heterocycles. The number of sulfonamides is 1. The molecule has 9 nitrogen and oxygen atoms in total. The maximum Gasteiger partial charge on any atom is 0.402 e. The van der Waals surface area contributed by atoms with E-state index in [0.717, 1.165) is 42.0 Å². The third-order valence-corrected chi connectivity index (χ3v) is 7.66. The van der Waals surface area contributed by atoms with Gasteiger partial charge in [0.1, 0.15) is 17.9 Å². The molecule has 0 saturated heterocycles. The second-order valence-electron chi connectivity index (χ2n) is 9.72. The lowest BCUT2D eigenvalue weighted by atomic mass is 10.2. The molecule has 0 atom stereocenters. The Kier molecular flexibility index (Phi) is 16.8. The number of carbonyl (C=O) groups excluding carboxylic acids is 2. The zero-order chi connectivity index (χ0) is 31.9. The summed E-state index contributed by atoms with van der Waals surface area (Å²) < 4.78 is 71.3. The number of hydrogen-bond donors (Lipinski definition) is 2. The van der Waals surface area contributed by atoms with Crippen molar-refractivity contribution in [2.24, 2.45) is 0 Å². The molecule has 0 aliphatic carbocycles. The minimum atomic E-state index is -4.57. The summed E-state index contributed by atoms with van der Waals surface area (Å²) in [6.07, 6.45) is -1.00. The van der Waals surface area contributed by atoms with Crippen molar-refractivity contribution in [1.29, 1.82) is 0 Å². The monoisotopic (exact) mass is 625 g/mol. The zero-order valence-electron chi connectivity index (χ0n) is 24.9. The number of alkyl halides is 3. The number of anilines is 1. The summed E-state index contributed by atoms with van der Waals surface area (Å²) in [5.41, 5.74) is 0.707. The highest BCUT2D eigenvalue weighted by atomic mass is 32.2. The fourth-order valence-electron chi connectivity index (χ4n) is 3.00. The summed E-state index contributed by atoms with van der Waals surface area (Å²) in [5.74, 6) is 0.526. The van der Waals surface area contributed by atoms with E-state index >= 15 is 0 Å². The molecule has 2 N–H and O–H groups in total. The third-order valence-electron chi connectivity index (χ3n) is 4.43. The van der Waals surface area contributed by atoms with E-state index in [9.17, 15) is 31.2 Å². The minimum Gasteiger partial charge on any atom is -0.494 e. The van der Waals surface area contributed by atoms with Crippen molar-refractivity contribution in [3.05, 3.63) is 35.0 Å². The molecule has 0 aliphatic rings. The van der Waals surface area contributed by atoms with Crippen molar-refractivity contribution >= 4 is 38.9 Å². The Balaban J connectivity index is 0.000000652. The van der Waals surface area contributed by atoms with Crippen molar-refractivity contribution < 1.29 is 40.7 Å². The van der Waals surface area contributed by atoms with Gasteiger partial charge in [-0.15, -0.1) is 11.3 Å². The van der Waals surface area contributed by atoms with E-state index in [1.807, 2.05) is 58.9 Å². The Morgan fingerprint density at radius 2 is 1.61 bits per heavy atom. The van der Waals surface area contributed by atoms with Crippen LogP contribution < -0.4 is 14.8 Å². The third kappa shape index (κ3) is 19.1. The van der Waals surface area contributed by atoms with E-state index in [4.69, 9.17) is 9.47 Å². The Hall–Kier alpha value is -2.71. The topological polar surface area (TPSA) is 124 Å². The fraction of sp³-hybridized carbons (Fsp3) is 0.593. The van der Waals surface area contributed by atoms with E-state index < -0.39 is 22.7 Å². The number of rotatable bonds is 10. The molecule has 0 bridgehead atoms. The molecule has 0 radical (unpaired) electrons. The molecule has 41 heavy (non-hydrogen) atoms. The van der Waals surface area contributed by atoms with Gasteiger partial charge in [0.15, 0.2) is 4.21 Å². The van der Waals surface area contributed by atoms with Gasteiger partial charge in [0.25, 0.3) is 10.0 Å². The summed E-state index contributed by atoms with van der Waals surface area (Å²) in [6, 6.07) is 7.28. The molecule has 0 fully saturated rings. The number of hydrogen-bond acceptors (Lipinski definition) is 8. The summed E-state index contributed by atoms with van der Waals surface area (Å²) in [4.78, 5) is 25.0. The lowest BCUT2D eigenvalue weighted by Gasteiger charge is -2.17. The van der Waals surface area contributed by atoms with Crippen molar-refractivity contribution in [1.82, 2.24) is 9.71 Å². The number of ether oxygens (including phenoxy) is 2. The first-order valence-corrected chi connectivity index (χ1v) is 15.3. The number of esters is 1. The number of amides is 1. The van der Waals surface area contributed by atoms with E-state index in [0.29, 0.717) is 18.0 Å². The van der Waals surface area contributed by atoms with Crippen LogP contribution in [0.4, 0.5) is 18.9 Å². The molecule has 2 rings (SSSR count). The minimum absolute atomic E-state index is 0.0656. The van der Waals surface area contributed by atoms with Crippen LogP contribution in [-0.4, -0.2) is 50.2 Å². The van der Waals surface area contributed by atoms with Gasteiger partial charge >= 0.3 is 12.1 Å². The Morgan fingerprint density at radius 1 is 1.02 bits per heavy atom. The summed E-state index contributed by atoms with van der Waals surface area (Å²) in [6.45, 7) is 13.0. The lowest BCUT2D eigenvalue weighted by molar-refractivity contribution is -0.151. The van der Waals surface area contributed by atoms with Crippen LogP contribution in [-0.2, 0) is 30.8 Å². The largest absolute Gasteiger partial charge is 0.494 e. The Labute approximate surface area is 245 Å². The molecule has 1 amide bonds. The molecule has 234 valence electrons. The number of aromatic nitrogens is 1. The van der Waals surface area contributed by atoms with Crippen LogP contribution in [0.1, 0.15) is 78.4 Å². The highest BCUT2D eigenvalue weighted by Crippen LogP contribution is 2.25. The van der Waals surface area contributed by atoms with Crippen molar-refractivity contribution in [3.63, 3.8) is 0 Å². The normalized spacial score (nSPS) is 11.4. The Bertz CT molecular complexity index is 1180. The van der Waals surface area contributed by atoms with E-state index in [1.54, 1.807) is 4.72 Å². The van der Waals surface area contributed by atoms with Crippen molar-refractivity contribution in [3.8, 4) is 5.75 Å². The van der Waals surface area contributed by atoms with E-state index in [-0.39, 0.29) is 27.4 Å². The number of thiazole rings is 1. The molecule has 0 unspecified atom stereocenters. The number of benzene rings is 1. The molecular formula is C27H42F3N3O6S2. The average molecular weight is 626 g/mol. The van der Waals surface area contributed by atoms with Gasteiger partial charge in [0.05, 0.1) is 17.3 Å². The predicted molar refractivity (Wildman–Crippen MR) is 155 cm³/mol. The van der Waals surface area contributed by atoms with Crippen molar-refractivity contribution in [2.45, 2.75) is 97.1 Å². The standard InChI is InChI=1S/C11H17F3N2O2S2.C10H13NO2.C6H12O2/c1-3-4-5-6-9-16-8(2)10(19-9)20(17,18)15-7-11(12,13)14;1-3-13-10-6-4-9(5-7-10)11-8(2)12;1-5(7)8-6(2,3)4/h15H,3-7H2,1-2H3;4-7H,3H2,1-2H3,(H,11,12);1-4H3. The van der Waals surface area contributed by atoms with Gasteiger partial charge in [-0.1, -0.05) is 19.8 Å². The molecule has 1 aromatic carbocycles. The predicted octanol–water partition coefficient (Wildman–Crippen LogP) is 6.42. The quantitative estimate of drug-likeness (QED) is 0.231. The first-order chi connectivity index (χ1) is 18.8. The van der Waals surface area contributed by atoms with Crippen LogP contribution in [0.3, 0.4) is 0 Å². The molecule has 0 spiro atoms. The first-order valence-electron chi connectivity index (χ1n) is 13.0. The van der Waals surface area contributed by atoms with Gasteiger partial charge in [-0.3, -0.25) is 9.59 Å². The summed E-state index contributed by atoms with van der Waals surface area (Å²) >= 11 is 0.939. The SMILES string of the molecule is CC(=O)OC(C)(C)C.CCCCCc1nc(C)c(S(=O)(=O)NCC(F)(F)F)s1.CCOc1ccc(NC(C)=O)cc1. The van der Waals surface area contributed by atoms with Crippen LogP contribution in [0.2, 0.25) is 0 Å². The summed E-state index contributed by atoms with van der Waals surface area (Å²) in [7, 11) is -4.15. The first kappa shape index (κ1) is 38.3. The molecule has 1 aromatic heterocycles. The number of carbonyl (C=O) groups is 2. The van der Waals surface area contributed by atoms with Crippen LogP contribution in [0.5, 0.6) is 5.75 Å². The van der Waals surface area contributed by atoms with Gasteiger partial charge in [-0.05, 0) is 71.7 Å². The van der Waals surface area contributed by atoms with Gasteiger partial charge in [-0.25, -0.2) is 18.1 Å². The fourth-order valence-corrected chi connectivity index (χ4v) is 5.66. The van der Waals surface area contributed by atoms with Crippen LogP contribution in [0.15, 0.2) is 28.5 Å². The summed E-state index contributed by atoms with van der Waals surface area (Å²) in [5, 5.41) is 3.32. The molecule has 0 saturated carbocycles. The van der Waals surface area contributed by atoms with E-state index in [1.165, 1.54) is 20.8 Å². The Morgan fingerprint density at radius 3 is 2.02 bits per heavy atom. The molecule has 14 heteroatoms. The number of nitrogens with one attached hydrogen (secondary N) is 2. The zero-order valence-corrected chi connectivity index (χ0v) is 26.5. The van der Waals surface area contributed by atoms with Gasteiger partial charge in [-0.2, -0.15) is 13.2 Å². The van der Waals surface area contributed by atoms with Crippen LogP contribution >= 0.6 is 11.3 Å². The van der Waals surface area contributed by atoms with Crippen LogP contribution in [0.25, 0.3) is 0 Å². The van der Waals surface area contributed by atoms with Crippen molar-refractivity contribution in [2.75, 3.05) is 18.5 Å². The van der Waals surface area contributed by atoms with Gasteiger partial charge < -0.3 is 14.8 Å². The lowest BCUT2D eigenvalue weighted by Crippen LogP contribution is -2.33. The highest BCUT2D eigenvalue weighted by molar-refractivity contribution is 7.91. The van der Waals surface area contributed by atoms with Gasteiger partial charge in [0, 0.05) is 19.5 Å². The number of aryl methyl sites for hydroxylation is 2. The molecular weight excluding hydrogens is 583 g/mol. The maximum absolute atomic E-state index is 12.1. The van der Waals surface area contributed by atoms with E-state index in [2.05, 4.69) is 10.3 Å². The maximum atomic E-state index is 12.1.